The molecule has 1 saturated carbocycles. The summed E-state index contributed by atoms with van der Waals surface area (Å²) in [5, 5.41) is 6.72. The van der Waals surface area contributed by atoms with Gasteiger partial charge in [0.15, 0.2) is 11.0 Å². The quantitative estimate of drug-likeness (QED) is 0.750. The summed E-state index contributed by atoms with van der Waals surface area (Å²) < 4.78 is 0. The second kappa shape index (κ2) is 4.00. The highest BCUT2D eigenvalue weighted by Crippen LogP contribution is 2.31. The fourth-order valence-electron chi connectivity index (χ4n) is 1.28. The SMILES string of the molecule is CNc1c(Cl)ncnc1NCC1CC1. The number of nitrogens with zero attached hydrogens (tertiary/aromatic N) is 2. The van der Waals surface area contributed by atoms with Crippen molar-refractivity contribution in [2.45, 2.75) is 12.8 Å². The number of nitrogens with one attached hydrogen (secondary N) is 2. The largest absolute Gasteiger partial charge is 0.383 e. The van der Waals surface area contributed by atoms with E-state index < -0.39 is 0 Å². The van der Waals surface area contributed by atoms with E-state index in [1.54, 1.807) is 0 Å². The molecule has 1 heterocycles. The average molecular weight is 213 g/mol. The fourth-order valence-corrected chi connectivity index (χ4v) is 1.51. The Labute approximate surface area is 88.1 Å². The molecule has 5 heteroatoms. The fraction of sp³-hybridized carbons (Fsp3) is 0.556. The molecule has 1 aromatic rings. The third kappa shape index (κ3) is 2.07. The van der Waals surface area contributed by atoms with Crippen molar-refractivity contribution >= 4 is 23.1 Å². The molecule has 2 rings (SSSR count). The molecule has 0 saturated heterocycles. The van der Waals surface area contributed by atoms with Crippen molar-refractivity contribution in [3.05, 3.63) is 11.5 Å². The number of aromatic nitrogens is 2. The minimum absolute atomic E-state index is 0.459. The van der Waals surface area contributed by atoms with Crippen LogP contribution in [-0.2, 0) is 0 Å². The Morgan fingerprint density at radius 2 is 2.29 bits per heavy atom. The summed E-state index contributed by atoms with van der Waals surface area (Å²) in [5.74, 6) is 1.60. The lowest BCUT2D eigenvalue weighted by molar-refractivity contribution is 0.881. The molecule has 0 atom stereocenters. The van der Waals surface area contributed by atoms with E-state index in [0.717, 1.165) is 24.0 Å². The van der Waals surface area contributed by atoms with E-state index in [0.29, 0.717) is 5.15 Å². The minimum Gasteiger partial charge on any atom is -0.383 e. The van der Waals surface area contributed by atoms with E-state index in [1.165, 1.54) is 19.2 Å². The monoisotopic (exact) mass is 212 g/mol. The molecule has 2 N–H and O–H groups in total. The molecule has 0 aromatic carbocycles. The molecule has 0 amide bonds. The summed E-state index contributed by atoms with van der Waals surface area (Å²) in [6.45, 7) is 0.974. The van der Waals surface area contributed by atoms with Crippen molar-refractivity contribution in [2.75, 3.05) is 24.2 Å². The van der Waals surface area contributed by atoms with Crippen LogP contribution in [0.5, 0.6) is 0 Å². The van der Waals surface area contributed by atoms with Gasteiger partial charge in [0.2, 0.25) is 0 Å². The van der Waals surface area contributed by atoms with E-state index in [2.05, 4.69) is 20.6 Å². The van der Waals surface area contributed by atoms with Crippen LogP contribution in [0.2, 0.25) is 5.15 Å². The number of halogens is 1. The zero-order valence-corrected chi connectivity index (χ0v) is 8.80. The van der Waals surface area contributed by atoms with Crippen molar-refractivity contribution in [2.24, 2.45) is 5.92 Å². The van der Waals surface area contributed by atoms with Gasteiger partial charge in [0.1, 0.15) is 12.0 Å². The summed E-state index contributed by atoms with van der Waals surface area (Å²) in [6.07, 6.45) is 4.11. The molecule has 76 valence electrons. The molecule has 1 aliphatic rings. The van der Waals surface area contributed by atoms with Gasteiger partial charge in [-0.2, -0.15) is 0 Å². The molecule has 1 aromatic heterocycles. The van der Waals surface area contributed by atoms with E-state index in [-0.39, 0.29) is 0 Å². The molecule has 0 radical (unpaired) electrons. The van der Waals surface area contributed by atoms with Crippen molar-refractivity contribution in [3.63, 3.8) is 0 Å². The minimum atomic E-state index is 0.459. The Morgan fingerprint density at radius 1 is 1.50 bits per heavy atom. The van der Waals surface area contributed by atoms with Crippen LogP contribution in [0.3, 0.4) is 0 Å². The lowest BCUT2D eigenvalue weighted by atomic mass is 10.4. The highest BCUT2D eigenvalue weighted by Gasteiger charge is 2.21. The van der Waals surface area contributed by atoms with E-state index in [1.807, 2.05) is 7.05 Å². The average Bonchev–Trinajstić information content (AvgIpc) is 2.98. The maximum Gasteiger partial charge on any atom is 0.157 e. The van der Waals surface area contributed by atoms with Gasteiger partial charge >= 0.3 is 0 Å². The summed E-state index contributed by atoms with van der Waals surface area (Å²) in [7, 11) is 1.81. The first kappa shape index (κ1) is 9.52. The Hall–Kier alpha value is -1.03. The summed E-state index contributed by atoms with van der Waals surface area (Å²) in [4.78, 5) is 8.05. The topological polar surface area (TPSA) is 49.8 Å². The molecule has 0 spiro atoms. The normalized spacial score (nSPS) is 15.3. The van der Waals surface area contributed by atoms with Gasteiger partial charge in [-0.3, -0.25) is 0 Å². The van der Waals surface area contributed by atoms with Gasteiger partial charge in [0, 0.05) is 13.6 Å². The number of anilines is 2. The summed E-state index contributed by atoms with van der Waals surface area (Å²) in [5.41, 5.74) is 0.773. The molecule has 0 bridgehead atoms. The van der Waals surface area contributed by atoms with E-state index >= 15 is 0 Å². The molecule has 0 aliphatic heterocycles. The van der Waals surface area contributed by atoms with Crippen LogP contribution in [0.4, 0.5) is 11.5 Å². The smallest absolute Gasteiger partial charge is 0.157 e. The highest BCUT2D eigenvalue weighted by molar-refractivity contribution is 6.32. The van der Waals surface area contributed by atoms with Crippen molar-refractivity contribution < 1.29 is 0 Å². The Morgan fingerprint density at radius 3 is 2.93 bits per heavy atom. The van der Waals surface area contributed by atoms with Gasteiger partial charge in [-0.05, 0) is 18.8 Å². The van der Waals surface area contributed by atoms with Gasteiger partial charge in [0.25, 0.3) is 0 Å². The zero-order valence-electron chi connectivity index (χ0n) is 8.05. The standard InChI is InChI=1S/C9H13ClN4/c1-11-7-8(10)13-5-14-9(7)12-4-6-2-3-6/h5-6,11H,2-4H2,1H3,(H,12,13,14). The van der Waals surface area contributed by atoms with Crippen molar-refractivity contribution in [1.82, 2.24) is 9.97 Å². The maximum absolute atomic E-state index is 5.91. The summed E-state index contributed by atoms with van der Waals surface area (Å²) >= 11 is 5.91. The van der Waals surface area contributed by atoms with Crippen LogP contribution < -0.4 is 10.6 Å². The zero-order chi connectivity index (χ0) is 9.97. The molecule has 14 heavy (non-hydrogen) atoms. The van der Waals surface area contributed by atoms with Crippen LogP contribution >= 0.6 is 11.6 Å². The third-order valence-corrected chi connectivity index (χ3v) is 2.59. The number of hydrogen-bond acceptors (Lipinski definition) is 4. The molecule has 0 unspecified atom stereocenters. The predicted octanol–water partition coefficient (Wildman–Crippen LogP) is 1.99. The number of hydrogen-bond donors (Lipinski definition) is 2. The van der Waals surface area contributed by atoms with Gasteiger partial charge in [-0.1, -0.05) is 11.6 Å². The van der Waals surface area contributed by atoms with Gasteiger partial charge in [0.05, 0.1) is 0 Å². The second-order valence-corrected chi connectivity index (χ2v) is 3.82. The highest BCUT2D eigenvalue weighted by atomic mass is 35.5. The maximum atomic E-state index is 5.91. The molecular weight excluding hydrogens is 200 g/mol. The van der Waals surface area contributed by atoms with Crippen molar-refractivity contribution in [1.29, 1.82) is 0 Å². The Kier molecular flexibility index (Phi) is 2.72. The first-order chi connectivity index (χ1) is 6.81. The van der Waals surface area contributed by atoms with Crippen LogP contribution in [0.15, 0.2) is 6.33 Å². The molecular formula is C9H13ClN4. The third-order valence-electron chi connectivity index (χ3n) is 2.31. The second-order valence-electron chi connectivity index (χ2n) is 3.46. The van der Waals surface area contributed by atoms with Crippen LogP contribution in [-0.4, -0.2) is 23.6 Å². The van der Waals surface area contributed by atoms with E-state index in [9.17, 15) is 0 Å². The Balaban J connectivity index is 2.09. The molecule has 1 fully saturated rings. The lowest BCUT2D eigenvalue weighted by Crippen LogP contribution is -2.08. The number of rotatable bonds is 4. The van der Waals surface area contributed by atoms with Gasteiger partial charge in [-0.15, -0.1) is 0 Å². The molecule has 1 aliphatic carbocycles. The van der Waals surface area contributed by atoms with Crippen LogP contribution in [0.25, 0.3) is 0 Å². The first-order valence-corrected chi connectivity index (χ1v) is 5.11. The Bertz CT molecular complexity index is 325. The van der Waals surface area contributed by atoms with Gasteiger partial charge < -0.3 is 10.6 Å². The van der Waals surface area contributed by atoms with Crippen LogP contribution in [0.1, 0.15) is 12.8 Å². The lowest BCUT2D eigenvalue weighted by Gasteiger charge is -2.10. The van der Waals surface area contributed by atoms with Crippen molar-refractivity contribution in [3.8, 4) is 0 Å². The first-order valence-electron chi connectivity index (χ1n) is 4.73. The van der Waals surface area contributed by atoms with E-state index in [4.69, 9.17) is 11.6 Å². The predicted molar refractivity (Wildman–Crippen MR) is 57.8 cm³/mol. The summed E-state index contributed by atoms with van der Waals surface area (Å²) in [6, 6.07) is 0. The van der Waals surface area contributed by atoms with Crippen LogP contribution in [0, 0.1) is 5.92 Å². The van der Waals surface area contributed by atoms with Gasteiger partial charge in [-0.25, -0.2) is 9.97 Å². The molecule has 4 nitrogen and oxygen atoms in total.